The van der Waals surface area contributed by atoms with Gasteiger partial charge in [0, 0.05) is 26.1 Å². The number of sulfonamides is 1. The Kier molecular flexibility index (Phi) is 7.24. The van der Waals surface area contributed by atoms with Gasteiger partial charge in [-0.05, 0) is 24.6 Å². The molecule has 0 saturated carbocycles. The molecular formula is C20H26N2O4S. The highest BCUT2D eigenvalue weighted by atomic mass is 32.2. The Hall–Kier alpha value is -2.54. The van der Waals surface area contributed by atoms with Crippen LogP contribution in [0.3, 0.4) is 0 Å². The number of hydrogen-bond donors (Lipinski definition) is 0. The Morgan fingerprint density at radius 2 is 1.67 bits per heavy atom. The largest absolute Gasteiger partial charge is 0.495 e. The normalized spacial score (nSPS) is 11.1. The van der Waals surface area contributed by atoms with Gasteiger partial charge in [-0.2, -0.15) is 0 Å². The Morgan fingerprint density at radius 1 is 1.04 bits per heavy atom. The summed E-state index contributed by atoms with van der Waals surface area (Å²) in [7, 11) is -2.07. The fourth-order valence-electron chi connectivity index (χ4n) is 2.84. The molecule has 0 N–H and O–H groups in total. The molecule has 7 heteroatoms. The molecule has 27 heavy (non-hydrogen) atoms. The van der Waals surface area contributed by atoms with Crippen molar-refractivity contribution in [2.75, 3.05) is 30.8 Å². The monoisotopic (exact) mass is 390 g/mol. The van der Waals surface area contributed by atoms with Gasteiger partial charge in [-0.15, -0.1) is 0 Å². The first kappa shape index (κ1) is 20.8. The second-order valence-electron chi connectivity index (χ2n) is 6.15. The standard InChI is InChI=1S/C20H26N2O4S/c1-4-21(16-17-10-6-5-7-11-17)20(23)14-15-22(27(3,24)25)18-12-8-9-13-19(18)26-2/h5-13H,4,14-16H2,1-3H3. The third-order valence-corrected chi connectivity index (χ3v) is 5.41. The number of benzene rings is 2. The van der Waals surface area contributed by atoms with E-state index < -0.39 is 10.0 Å². The third kappa shape index (κ3) is 5.72. The van der Waals surface area contributed by atoms with Gasteiger partial charge in [-0.25, -0.2) is 8.42 Å². The van der Waals surface area contributed by atoms with E-state index in [0.717, 1.165) is 11.8 Å². The van der Waals surface area contributed by atoms with Crippen LogP contribution in [0.15, 0.2) is 54.6 Å². The van der Waals surface area contributed by atoms with E-state index >= 15 is 0 Å². The molecule has 2 rings (SSSR count). The van der Waals surface area contributed by atoms with E-state index in [1.54, 1.807) is 29.2 Å². The van der Waals surface area contributed by atoms with E-state index in [4.69, 9.17) is 4.74 Å². The van der Waals surface area contributed by atoms with Crippen molar-refractivity contribution in [3.05, 3.63) is 60.2 Å². The lowest BCUT2D eigenvalue weighted by atomic mass is 10.2. The third-order valence-electron chi connectivity index (χ3n) is 4.23. The summed E-state index contributed by atoms with van der Waals surface area (Å²) in [5.74, 6) is 0.358. The molecule has 6 nitrogen and oxygen atoms in total. The smallest absolute Gasteiger partial charge is 0.232 e. The first-order valence-corrected chi connectivity index (χ1v) is 10.6. The van der Waals surface area contributed by atoms with E-state index in [9.17, 15) is 13.2 Å². The van der Waals surface area contributed by atoms with Crippen LogP contribution in [0.2, 0.25) is 0 Å². The summed E-state index contributed by atoms with van der Waals surface area (Å²) in [6.07, 6.45) is 1.22. The van der Waals surface area contributed by atoms with Gasteiger partial charge in [-0.3, -0.25) is 9.10 Å². The highest BCUT2D eigenvalue weighted by Crippen LogP contribution is 2.29. The number of anilines is 1. The molecule has 0 heterocycles. The van der Waals surface area contributed by atoms with Crippen LogP contribution in [0.1, 0.15) is 18.9 Å². The minimum atomic E-state index is -3.55. The SMILES string of the molecule is CCN(Cc1ccccc1)C(=O)CCN(c1ccccc1OC)S(C)(=O)=O. The number of rotatable bonds is 9. The van der Waals surface area contributed by atoms with E-state index in [1.807, 2.05) is 37.3 Å². The number of amides is 1. The number of ether oxygens (including phenoxy) is 1. The van der Waals surface area contributed by atoms with Crippen LogP contribution in [0.5, 0.6) is 5.75 Å². The second kappa shape index (κ2) is 9.41. The Bertz CT molecular complexity index is 853. The number of carbonyl (C=O) groups excluding carboxylic acids is 1. The van der Waals surface area contributed by atoms with E-state index in [0.29, 0.717) is 24.5 Å². The zero-order valence-electron chi connectivity index (χ0n) is 16.0. The first-order valence-electron chi connectivity index (χ1n) is 8.79. The van der Waals surface area contributed by atoms with Crippen LogP contribution in [-0.4, -0.2) is 45.7 Å². The Labute approximate surface area is 161 Å². The van der Waals surface area contributed by atoms with Crippen LogP contribution in [0.25, 0.3) is 0 Å². The quantitative estimate of drug-likeness (QED) is 0.660. The molecule has 1 amide bonds. The van der Waals surface area contributed by atoms with Gasteiger partial charge in [0.1, 0.15) is 5.75 Å². The number of methoxy groups -OCH3 is 1. The number of carbonyl (C=O) groups is 1. The van der Waals surface area contributed by atoms with Gasteiger partial charge in [0.05, 0.1) is 19.1 Å². The molecule has 0 aliphatic carbocycles. The highest BCUT2D eigenvalue weighted by Gasteiger charge is 2.23. The first-order chi connectivity index (χ1) is 12.9. The van der Waals surface area contributed by atoms with Crippen LogP contribution in [0, 0.1) is 0 Å². The zero-order valence-corrected chi connectivity index (χ0v) is 16.8. The van der Waals surface area contributed by atoms with Crippen molar-refractivity contribution >= 4 is 21.6 Å². The highest BCUT2D eigenvalue weighted by molar-refractivity contribution is 7.92. The number of para-hydroxylation sites is 2. The Morgan fingerprint density at radius 3 is 2.26 bits per heavy atom. The van der Waals surface area contributed by atoms with Crippen molar-refractivity contribution in [1.29, 1.82) is 0 Å². The van der Waals surface area contributed by atoms with Gasteiger partial charge >= 0.3 is 0 Å². The average molecular weight is 391 g/mol. The van der Waals surface area contributed by atoms with Gasteiger partial charge < -0.3 is 9.64 Å². The van der Waals surface area contributed by atoms with Crippen LogP contribution in [-0.2, 0) is 21.4 Å². The van der Waals surface area contributed by atoms with E-state index in [2.05, 4.69) is 0 Å². The molecule has 0 fully saturated rings. The molecule has 0 aliphatic rings. The summed E-state index contributed by atoms with van der Waals surface area (Å²) in [6, 6.07) is 16.6. The van der Waals surface area contributed by atoms with Crippen LogP contribution < -0.4 is 9.04 Å². The molecule has 146 valence electrons. The molecule has 2 aromatic rings. The molecule has 2 aromatic carbocycles. The van der Waals surface area contributed by atoms with Crippen molar-refractivity contribution in [1.82, 2.24) is 4.90 Å². The predicted octanol–water partition coefficient (Wildman–Crippen LogP) is 2.90. The lowest BCUT2D eigenvalue weighted by molar-refractivity contribution is -0.131. The van der Waals surface area contributed by atoms with Gasteiger partial charge in [0.25, 0.3) is 0 Å². The van der Waals surface area contributed by atoms with Crippen molar-refractivity contribution in [2.24, 2.45) is 0 Å². The summed E-state index contributed by atoms with van der Waals surface area (Å²) in [6.45, 7) is 3.03. The number of nitrogens with zero attached hydrogens (tertiary/aromatic N) is 2. The molecule has 0 unspecified atom stereocenters. The van der Waals surface area contributed by atoms with E-state index in [-0.39, 0.29) is 18.9 Å². The second-order valence-corrected chi connectivity index (χ2v) is 8.06. The fourth-order valence-corrected chi connectivity index (χ4v) is 3.77. The van der Waals surface area contributed by atoms with Crippen molar-refractivity contribution in [3.63, 3.8) is 0 Å². The van der Waals surface area contributed by atoms with Crippen LogP contribution >= 0.6 is 0 Å². The Balaban J connectivity index is 2.13. The van der Waals surface area contributed by atoms with Gasteiger partial charge in [0.15, 0.2) is 0 Å². The maximum Gasteiger partial charge on any atom is 0.232 e. The summed E-state index contributed by atoms with van der Waals surface area (Å²) in [4.78, 5) is 14.4. The lowest BCUT2D eigenvalue weighted by Gasteiger charge is -2.26. The van der Waals surface area contributed by atoms with Crippen LogP contribution in [0.4, 0.5) is 5.69 Å². The van der Waals surface area contributed by atoms with Crippen molar-refractivity contribution in [2.45, 2.75) is 19.9 Å². The van der Waals surface area contributed by atoms with E-state index in [1.165, 1.54) is 11.4 Å². The molecule has 0 spiro atoms. The topological polar surface area (TPSA) is 66.9 Å². The fraction of sp³-hybridized carbons (Fsp3) is 0.350. The van der Waals surface area contributed by atoms with Gasteiger partial charge in [-0.1, -0.05) is 42.5 Å². The summed E-state index contributed by atoms with van der Waals surface area (Å²) < 4.78 is 31.1. The molecule has 0 atom stereocenters. The zero-order chi connectivity index (χ0) is 19.9. The summed E-state index contributed by atoms with van der Waals surface area (Å²) in [5, 5.41) is 0. The minimum Gasteiger partial charge on any atom is -0.495 e. The van der Waals surface area contributed by atoms with Gasteiger partial charge in [0.2, 0.25) is 15.9 Å². The summed E-state index contributed by atoms with van der Waals surface area (Å²) >= 11 is 0. The number of hydrogen-bond acceptors (Lipinski definition) is 4. The molecule has 0 saturated heterocycles. The maximum absolute atomic E-state index is 12.7. The molecule has 0 aromatic heterocycles. The predicted molar refractivity (Wildman–Crippen MR) is 107 cm³/mol. The molecular weight excluding hydrogens is 364 g/mol. The minimum absolute atomic E-state index is 0.0589. The molecule has 0 bridgehead atoms. The molecule has 0 aliphatic heterocycles. The van der Waals surface area contributed by atoms with Crippen molar-refractivity contribution < 1.29 is 17.9 Å². The maximum atomic E-state index is 12.7. The molecule has 0 radical (unpaired) electrons. The van der Waals surface area contributed by atoms with Crippen molar-refractivity contribution in [3.8, 4) is 5.75 Å². The summed E-state index contributed by atoms with van der Waals surface area (Å²) in [5.41, 5.74) is 1.47. The lowest BCUT2D eigenvalue weighted by Crippen LogP contribution is -2.36. The average Bonchev–Trinajstić information content (AvgIpc) is 2.66.